The molecule has 0 radical (unpaired) electrons. The molecule has 0 bridgehead atoms. The van der Waals surface area contributed by atoms with Gasteiger partial charge < -0.3 is 10.2 Å². The summed E-state index contributed by atoms with van der Waals surface area (Å²) in [4.78, 5) is 14.8. The van der Waals surface area contributed by atoms with E-state index < -0.39 is 0 Å². The number of hydrogen-bond donors (Lipinski definition) is 1. The first-order valence-corrected chi connectivity index (χ1v) is 9.06. The number of carbonyl (C=O) groups excluding carboxylic acids is 1. The Morgan fingerprint density at radius 1 is 0.923 bits per heavy atom. The van der Waals surface area contributed by atoms with E-state index in [9.17, 15) is 4.79 Å². The van der Waals surface area contributed by atoms with Crippen molar-refractivity contribution in [3.8, 4) is 0 Å². The Morgan fingerprint density at radius 3 is 2.38 bits per heavy atom. The highest BCUT2D eigenvalue weighted by Gasteiger charge is 2.15. The normalized spacial score (nSPS) is 12.3. The van der Waals surface area contributed by atoms with E-state index in [-0.39, 0.29) is 11.9 Å². The van der Waals surface area contributed by atoms with Crippen molar-refractivity contribution < 1.29 is 4.79 Å². The average Bonchev–Trinajstić information content (AvgIpc) is 2.62. The molecule has 0 unspecified atom stereocenters. The Bertz CT molecular complexity index is 853. The van der Waals surface area contributed by atoms with Gasteiger partial charge in [-0.25, -0.2) is 0 Å². The minimum atomic E-state index is 0.0733. The van der Waals surface area contributed by atoms with Crippen molar-refractivity contribution >= 4 is 16.7 Å². The van der Waals surface area contributed by atoms with Crippen molar-refractivity contribution in [3.63, 3.8) is 0 Å². The molecule has 0 saturated carbocycles. The van der Waals surface area contributed by atoms with Gasteiger partial charge in [0.25, 0.3) is 0 Å². The van der Waals surface area contributed by atoms with E-state index in [0.29, 0.717) is 6.42 Å². The van der Waals surface area contributed by atoms with Crippen LogP contribution in [0.15, 0.2) is 72.8 Å². The smallest absolute Gasteiger partial charge is 0.224 e. The van der Waals surface area contributed by atoms with Gasteiger partial charge in [-0.1, -0.05) is 72.8 Å². The molecule has 0 heterocycles. The third-order valence-electron chi connectivity index (χ3n) is 4.51. The van der Waals surface area contributed by atoms with Gasteiger partial charge in [0, 0.05) is 12.6 Å². The Kier molecular flexibility index (Phi) is 6.03. The predicted molar refractivity (Wildman–Crippen MR) is 108 cm³/mol. The quantitative estimate of drug-likeness (QED) is 0.708. The molecule has 0 aliphatic carbocycles. The lowest BCUT2D eigenvalue weighted by molar-refractivity contribution is -0.121. The highest BCUT2D eigenvalue weighted by molar-refractivity contribution is 5.90. The zero-order valence-corrected chi connectivity index (χ0v) is 15.5. The Labute approximate surface area is 155 Å². The summed E-state index contributed by atoms with van der Waals surface area (Å²) in [6, 6.07) is 24.8. The summed E-state index contributed by atoms with van der Waals surface area (Å²) in [6.07, 6.45) is 1.24. The van der Waals surface area contributed by atoms with Gasteiger partial charge in [-0.3, -0.25) is 4.79 Å². The summed E-state index contributed by atoms with van der Waals surface area (Å²) in [5.41, 5.74) is 2.31. The van der Waals surface area contributed by atoms with Crippen molar-refractivity contribution in [1.29, 1.82) is 0 Å². The molecule has 26 heavy (non-hydrogen) atoms. The molecule has 0 fully saturated rings. The van der Waals surface area contributed by atoms with Gasteiger partial charge in [-0.15, -0.1) is 0 Å². The van der Waals surface area contributed by atoms with Crippen LogP contribution in [0.3, 0.4) is 0 Å². The van der Waals surface area contributed by atoms with Crippen LogP contribution in [0, 0.1) is 0 Å². The fourth-order valence-electron chi connectivity index (χ4n) is 3.40. The molecule has 3 heteroatoms. The second kappa shape index (κ2) is 8.63. The first-order valence-electron chi connectivity index (χ1n) is 9.06. The maximum absolute atomic E-state index is 12.7. The second-order valence-corrected chi connectivity index (χ2v) is 7.03. The zero-order valence-electron chi connectivity index (χ0n) is 15.5. The van der Waals surface area contributed by atoms with Gasteiger partial charge in [-0.05, 0) is 42.4 Å². The van der Waals surface area contributed by atoms with Crippen molar-refractivity contribution in [2.45, 2.75) is 18.9 Å². The number of likely N-dealkylation sites (N-methyl/N-ethyl adjacent to an activating group) is 1. The summed E-state index contributed by atoms with van der Waals surface area (Å²) >= 11 is 0. The molecule has 3 aromatic rings. The highest BCUT2D eigenvalue weighted by atomic mass is 16.1. The summed E-state index contributed by atoms with van der Waals surface area (Å²) in [7, 11) is 4.07. The zero-order chi connectivity index (χ0) is 18.4. The molecule has 1 N–H and O–H groups in total. The van der Waals surface area contributed by atoms with Crippen LogP contribution in [0.25, 0.3) is 10.8 Å². The van der Waals surface area contributed by atoms with Gasteiger partial charge in [-0.2, -0.15) is 0 Å². The molecule has 0 aliphatic heterocycles. The Morgan fingerprint density at radius 2 is 1.62 bits per heavy atom. The van der Waals surface area contributed by atoms with E-state index in [2.05, 4.69) is 40.5 Å². The van der Waals surface area contributed by atoms with Gasteiger partial charge in [0.2, 0.25) is 5.91 Å². The number of nitrogens with zero attached hydrogens (tertiary/aromatic N) is 1. The molecule has 0 saturated heterocycles. The average molecular weight is 346 g/mol. The fourth-order valence-corrected chi connectivity index (χ4v) is 3.40. The van der Waals surface area contributed by atoms with Crippen LogP contribution in [0.5, 0.6) is 0 Å². The van der Waals surface area contributed by atoms with Crippen LogP contribution in [0.2, 0.25) is 0 Å². The molecule has 0 aromatic heterocycles. The van der Waals surface area contributed by atoms with E-state index in [4.69, 9.17) is 0 Å². The Hall–Kier alpha value is -2.65. The van der Waals surface area contributed by atoms with E-state index >= 15 is 0 Å². The molecular formula is C23H26N2O. The van der Waals surface area contributed by atoms with Gasteiger partial charge in [0.05, 0.1) is 6.42 Å². The number of carbonyl (C=O) groups is 1. The number of benzene rings is 3. The first-order chi connectivity index (χ1) is 12.6. The molecule has 1 atom stereocenters. The highest BCUT2D eigenvalue weighted by Crippen LogP contribution is 2.19. The maximum atomic E-state index is 12.7. The molecular weight excluding hydrogens is 320 g/mol. The van der Waals surface area contributed by atoms with Crippen LogP contribution in [0.1, 0.15) is 11.1 Å². The molecule has 1 amide bonds. The third kappa shape index (κ3) is 4.93. The molecule has 3 aromatic carbocycles. The van der Waals surface area contributed by atoms with Gasteiger partial charge in [0.15, 0.2) is 0 Å². The van der Waals surface area contributed by atoms with E-state index in [0.717, 1.165) is 23.9 Å². The van der Waals surface area contributed by atoms with Crippen LogP contribution in [0.4, 0.5) is 0 Å². The molecule has 3 nitrogen and oxygen atoms in total. The fraction of sp³-hybridized carbons (Fsp3) is 0.261. The van der Waals surface area contributed by atoms with Crippen molar-refractivity contribution in [3.05, 3.63) is 83.9 Å². The Balaban J connectivity index is 1.70. The number of amides is 1. The van der Waals surface area contributed by atoms with Crippen molar-refractivity contribution in [1.82, 2.24) is 10.2 Å². The molecule has 0 aliphatic rings. The first kappa shape index (κ1) is 18.2. The number of nitrogens with one attached hydrogen (secondary N) is 1. The molecule has 134 valence electrons. The number of fused-ring (bicyclic) bond motifs is 1. The molecule has 3 rings (SSSR count). The van der Waals surface area contributed by atoms with E-state index in [1.165, 1.54) is 10.9 Å². The SMILES string of the molecule is CN(C)C[C@@H](Cc1ccccc1)NC(=O)Cc1cccc2ccccc12. The standard InChI is InChI=1S/C23H26N2O/c1-25(2)17-21(15-18-9-4-3-5-10-18)24-23(26)16-20-13-8-12-19-11-6-7-14-22(19)20/h3-14,21H,15-17H2,1-2H3,(H,24,26)/t21-/m1/s1. The summed E-state index contributed by atoms with van der Waals surface area (Å²) in [6.45, 7) is 0.816. The molecule has 0 spiro atoms. The van der Waals surface area contributed by atoms with Crippen LogP contribution in [-0.2, 0) is 17.6 Å². The monoisotopic (exact) mass is 346 g/mol. The summed E-state index contributed by atoms with van der Waals surface area (Å²) < 4.78 is 0. The summed E-state index contributed by atoms with van der Waals surface area (Å²) in [5.74, 6) is 0.0733. The van der Waals surface area contributed by atoms with Crippen LogP contribution >= 0.6 is 0 Å². The lowest BCUT2D eigenvalue weighted by Crippen LogP contribution is -2.43. The van der Waals surface area contributed by atoms with Crippen LogP contribution < -0.4 is 5.32 Å². The lowest BCUT2D eigenvalue weighted by atomic mass is 10.0. The lowest BCUT2D eigenvalue weighted by Gasteiger charge is -2.23. The predicted octanol–water partition coefficient (Wildman–Crippen LogP) is 3.67. The second-order valence-electron chi connectivity index (χ2n) is 7.03. The topological polar surface area (TPSA) is 32.3 Å². The van der Waals surface area contributed by atoms with Crippen LogP contribution in [-0.4, -0.2) is 37.5 Å². The van der Waals surface area contributed by atoms with Gasteiger partial charge in [0.1, 0.15) is 0 Å². The van der Waals surface area contributed by atoms with E-state index in [1.54, 1.807) is 0 Å². The third-order valence-corrected chi connectivity index (χ3v) is 4.51. The van der Waals surface area contributed by atoms with Crippen molar-refractivity contribution in [2.24, 2.45) is 0 Å². The van der Waals surface area contributed by atoms with Crippen molar-refractivity contribution in [2.75, 3.05) is 20.6 Å². The largest absolute Gasteiger partial charge is 0.351 e. The summed E-state index contributed by atoms with van der Waals surface area (Å²) in [5, 5.41) is 5.55. The minimum absolute atomic E-state index is 0.0733. The van der Waals surface area contributed by atoms with Gasteiger partial charge >= 0.3 is 0 Å². The maximum Gasteiger partial charge on any atom is 0.224 e. The number of rotatable bonds is 7. The number of hydrogen-bond acceptors (Lipinski definition) is 2. The van der Waals surface area contributed by atoms with E-state index in [1.807, 2.05) is 56.6 Å². The minimum Gasteiger partial charge on any atom is -0.351 e.